The van der Waals surface area contributed by atoms with Crippen molar-refractivity contribution in [1.29, 1.82) is 0 Å². The zero-order valence-corrected chi connectivity index (χ0v) is 14.0. The fraction of sp³-hybridized carbons (Fsp3) is 0.500. The van der Waals surface area contributed by atoms with Crippen molar-refractivity contribution in [3.05, 3.63) is 28.2 Å². The fourth-order valence-corrected chi connectivity index (χ4v) is 4.71. The first kappa shape index (κ1) is 18.0. The van der Waals surface area contributed by atoms with Gasteiger partial charge in [0.1, 0.15) is 4.90 Å². The lowest BCUT2D eigenvalue weighted by Gasteiger charge is -2.30. The summed E-state index contributed by atoms with van der Waals surface area (Å²) in [6.45, 7) is 3.60. The molecule has 2 unspecified atom stereocenters. The van der Waals surface area contributed by atoms with Crippen LogP contribution in [0.5, 0.6) is 0 Å². The Morgan fingerprint density at radius 1 is 1.30 bits per heavy atom. The van der Waals surface area contributed by atoms with E-state index in [2.05, 4.69) is 10.0 Å². The molecule has 0 radical (unpaired) electrons. The first-order valence-electron chi connectivity index (χ1n) is 6.09. The highest BCUT2D eigenvalue weighted by Crippen LogP contribution is 2.29. The van der Waals surface area contributed by atoms with E-state index in [-0.39, 0.29) is 39.3 Å². The van der Waals surface area contributed by atoms with Gasteiger partial charge >= 0.3 is 0 Å². The van der Waals surface area contributed by atoms with E-state index in [9.17, 15) is 8.42 Å². The molecule has 1 saturated heterocycles. The predicted molar refractivity (Wildman–Crippen MR) is 84.5 cm³/mol. The Balaban J connectivity index is 0.00000200. The van der Waals surface area contributed by atoms with Crippen LogP contribution in [0.4, 0.5) is 0 Å². The van der Waals surface area contributed by atoms with Gasteiger partial charge in [-0.2, -0.15) is 0 Å². The molecule has 1 aromatic rings. The number of nitrogens with one attached hydrogen (secondary N) is 2. The van der Waals surface area contributed by atoms with Gasteiger partial charge in [0.05, 0.1) is 10.0 Å². The van der Waals surface area contributed by atoms with Crippen LogP contribution in [-0.4, -0.2) is 27.5 Å². The zero-order valence-electron chi connectivity index (χ0n) is 10.9. The SMILES string of the molecule is CC1CNCCC1NS(=O)(=O)c1c(Cl)cccc1Cl.Cl. The van der Waals surface area contributed by atoms with E-state index in [1.807, 2.05) is 6.92 Å². The summed E-state index contributed by atoms with van der Waals surface area (Å²) in [7, 11) is -3.70. The Hall–Kier alpha value is -0.0400. The van der Waals surface area contributed by atoms with E-state index < -0.39 is 10.0 Å². The highest BCUT2D eigenvalue weighted by molar-refractivity contribution is 7.89. The quantitative estimate of drug-likeness (QED) is 0.872. The largest absolute Gasteiger partial charge is 0.316 e. The molecule has 2 atom stereocenters. The van der Waals surface area contributed by atoms with E-state index in [1.54, 1.807) is 6.07 Å². The monoisotopic (exact) mass is 358 g/mol. The third-order valence-corrected chi connectivity index (χ3v) is 5.72. The lowest BCUT2D eigenvalue weighted by molar-refractivity contribution is 0.328. The molecule has 0 aromatic heterocycles. The lowest BCUT2D eigenvalue weighted by atomic mass is 9.97. The number of piperidine rings is 1. The van der Waals surface area contributed by atoms with Crippen molar-refractivity contribution >= 4 is 45.6 Å². The standard InChI is InChI=1S/C12H16Cl2N2O2S.ClH/c1-8-7-15-6-5-11(8)16-19(17,18)12-9(13)3-2-4-10(12)14;/h2-4,8,11,15-16H,5-7H2,1H3;1H. The smallest absolute Gasteiger partial charge is 0.243 e. The molecular formula is C12H17Cl3N2O2S. The molecule has 0 bridgehead atoms. The van der Waals surface area contributed by atoms with Gasteiger partial charge in [0.25, 0.3) is 0 Å². The molecule has 8 heteroatoms. The molecule has 0 amide bonds. The first-order chi connectivity index (χ1) is 8.92. The van der Waals surface area contributed by atoms with Gasteiger partial charge in [-0.05, 0) is 37.6 Å². The van der Waals surface area contributed by atoms with Crippen molar-refractivity contribution in [3.8, 4) is 0 Å². The van der Waals surface area contributed by atoms with Crippen molar-refractivity contribution in [2.75, 3.05) is 13.1 Å². The maximum atomic E-state index is 12.4. The maximum absolute atomic E-state index is 12.4. The summed E-state index contributed by atoms with van der Waals surface area (Å²) in [5, 5.41) is 3.51. The van der Waals surface area contributed by atoms with Crippen molar-refractivity contribution in [2.24, 2.45) is 5.92 Å². The summed E-state index contributed by atoms with van der Waals surface area (Å²) >= 11 is 11.9. The minimum Gasteiger partial charge on any atom is -0.316 e. The summed E-state index contributed by atoms with van der Waals surface area (Å²) in [6.07, 6.45) is 0.752. The normalized spacial score (nSPS) is 23.1. The van der Waals surface area contributed by atoms with Gasteiger partial charge in [0, 0.05) is 6.04 Å². The van der Waals surface area contributed by atoms with Crippen LogP contribution in [0.15, 0.2) is 23.1 Å². The van der Waals surface area contributed by atoms with Crippen molar-refractivity contribution in [2.45, 2.75) is 24.3 Å². The molecule has 1 heterocycles. The van der Waals surface area contributed by atoms with Crippen LogP contribution < -0.4 is 10.0 Å². The molecule has 1 aromatic carbocycles. The molecule has 0 aliphatic carbocycles. The van der Waals surface area contributed by atoms with Gasteiger partial charge in [-0.3, -0.25) is 0 Å². The Morgan fingerprint density at radius 3 is 2.45 bits per heavy atom. The lowest BCUT2D eigenvalue weighted by Crippen LogP contribution is -2.48. The Kier molecular flexibility index (Phi) is 6.57. The van der Waals surface area contributed by atoms with E-state index in [1.165, 1.54) is 12.1 Å². The highest BCUT2D eigenvalue weighted by Gasteiger charge is 2.29. The summed E-state index contributed by atoms with van der Waals surface area (Å²) in [4.78, 5) is -0.0379. The van der Waals surface area contributed by atoms with Crippen LogP contribution in [-0.2, 0) is 10.0 Å². The third kappa shape index (κ3) is 4.00. The topological polar surface area (TPSA) is 58.2 Å². The number of halogens is 3. The van der Waals surface area contributed by atoms with Crippen LogP contribution in [0.2, 0.25) is 10.0 Å². The molecule has 114 valence electrons. The molecule has 1 aliphatic heterocycles. The molecule has 2 N–H and O–H groups in total. The fourth-order valence-electron chi connectivity index (χ4n) is 2.19. The van der Waals surface area contributed by atoms with Crippen molar-refractivity contribution in [1.82, 2.24) is 10.0 Å². The number of hydrogen-bond donors (Lipinski definition) is 2. The average molecular weight is 360 g/mol. The first-order valence-corrected chi connectivity index (χ1v) is 8.33. The molecule has 0 spiro atoms. The number of rotatable bonds is 3. The van der Waals surface area contributed by atoms with Gasteiger partial charge in [-0.1, -0.05) is 36.2 Å². The summed E-state index contributed by atoms with van der Waals surface area (Å²) in [6, 6.07) is 4.57. The van der Waals surface area contributed by atoms with Crippen LogP contribution >= 0.6 is 35.6 Å². The minimum absolute atomic E-state index is 0. The summed E-state index contributed by atoms with van der Waals surface area (Å²) < 4.78 is 27.5. The average Bonchev–Trinajstić information content (AvgIpc) is 2.31. The van der Waals surface area contributed by atoms with Crippen molar-refractivity contribution in [3.63, 3.8) is 0 Å². The Labute approximate surface area is 135 Å². The number of benzene rings is 1. The summed E-state index contributed by atoms with van der Waals surface area (Å²) in [5.74, 6) is 0.227. The van der Waals surface area contributed by atoms with Gasteiger partial charge < -0.3 is 5.32 Å². The van der Waals surface area contributed by atoms with Gasteiger partial charge in [-0.15, -0.1) is 12.4 Å². The zero-order chi connectivity index (χ0) is 14.0. The van der Waals surface area contributed by atoms with E-state index >= 15 is 0 Å². The van der Waals surface area contributed by atoms with Crippen LogP contribution in [0.3, 0.4) is 0 Å². The Morgan fingerprint density at radius 2 is 1.90 bits per heavy atom. The molecule has 1 fully saturated rings. The van der Waals surface area contributed by atoms with Gasteiger partial charge in [-0.25, -0.2) is 13.1 Å². The molecule has 0 saturated carbocycles. The second-order valence-corrected chi connectivity index (χ2v) is 7.21. The van der Waals surface area contributed by atoms with E-state index in [0.717, 1.165) is 19.5 Å². The third-order valence-electron chi connectivity index (χ3n) is 3.28. The predicted octanol–water partition coefficient (Wildman–Crippen LogP) is 2.69. The maximum Gasteiger partial charge on any atom is 0.243 e. The van der Waals surface area contributed by atoms with Crippen LogP contribution in [0.1, 0.15) is 13.3 Å². The van der Waals surface area contributed by atoms with Crippen molar-refractivity contribution < 1.29 is 8.42 Å². The second kappa shape index (κ2) is 7.29. The van der Waals surface area contributed by atoms with E-state index in [0.29, 0.717) is 0 Å². The second-order valence-electron chi connectivity index (χ2n) is 4.75. The minimum atomic E-state index is -3.70. The van der Waals surface area contributed by atoms with Crippen LogP contribution in [0, 0.1) is 5.92 Å². The molecule has 2 rings (SSSR count). The van der Waals surface area contributed by atoms with Crippen LogP contribution in [0.25, 0.3) is 0 Å². The summed E-state index contributed by atoms with van der Waals surface area (Å²) in [5.41, 5.74) is 0. The number of sulfonamides is 1. The van der Waals surface area contributed by atoms with E-state index in [4.69, 9.17) is 23.2 Å². The highest BCUT2D eigenvalue weighted by atomic mass is 35.5. The molecule has 4 nitrogen and oxygen atoms in total. The Bertz CT molecular complexity index is 546. The number of hydrogen-bond acceptors (Lipinski definition) is 3. The van der Waals surface area contributed by atoms with Gasteiger partial charge in [0.15, 0.2) is 0 Å². The molecule has 1 aliphatic rings. The molecule has 20 heavy (non-hydrogen) atoms. The molecular weight excluding hydrogens is 343 g/mol. The van der Waals surface area contributed by atoms with Gasteiger partial charge in [0.2, 0.25) is 10.0 Å².